The zero-order chi connectivity index (χ0) is 10.8. The van der Waals surface area contributed by atoms with Crippen molar-refractivity contribution < 1.29 is 13.9 Å². The molecule has 0 radical (unpaired) electrons. The van der Waals surface area contributed by atoms with Crippen molar-refractivity contribution in [3.8, 4) is 0 Å². The van der Waals surface area contributed by atoms with Gasteiger partial charge in [-0.25, -0.2) is 8.78 Å². The molecular formula is C12H14F2O. The molecule has 0 heterocycles. The molecule has 0 amide bonds. The molecule has 0 aliphatic heterocycles. The van der Waals surface area contributed by atoms with E-state index >= 15 is 0 Å². The van der Waals surface area contributed by atoms with Crippen molar-refractivity contribution in [2.24, 2.45) is 0 Å². The lowest BCUT2D eigenvalue weighted by Crippen LogP contribution is -2.17. The molecule has 0 saturated heterocycles. The summed E-state index contributed by atoms with van der Waals surface area (Å²) in [5, 5.41) is 9.33. The number of aliphatic hydroxyl groups excluding tert-OH is 1. The van der Waals surface area contributed by atoms with Crippen molar-refractivity contribution in [1.82, 2.24) is 0 Å². The molecule has 82 valence electrons. The number of hydrogen-bond acceptors (Lipinski definition) is 1. The highest BCUT2D eigenvalue weighted by Crippen LogP contribution is 2.34. The summed E-state index contributed by atoms with van der Waals surface area (Å²) in [6.45, 7) is 0. The molecule has 3 heteroatoms. The van der Waals surface area contributed by atoms with Gasteiger partial charge in [0.15, 0.2) is 0 Å². The van der Waals surface area contributed by atoms with Crippen LogP contribution in [0.4, 0.5) is 8.78 Å². The van der Waals surface area contributed by atoms with E-state index in [1.165, 1.54) is 12.1 Å². The molecule has 0 aromatic heterocycles. The fraction of sp³-hybridized carbons (Fsp3) is 0.500. The first-order valence-corrected chi connectivity index (χ1v) is 5.30. The molecule has 0 atom stereocenters. The molecule has 0 bridgehead atoms. The van der Waals surface area contributed by atoms with Crippen molar-refractivity contribution in [2.45, 2.75) is 37.7 Å². The maximum atomic E-state index is 13.4. The number of benzene rings is 1. The molecule has 1 aromatic carbocycles. The van der Waals surface area contributed by atoms with Crippen LogP contribution >= 0.6 is 0 Å². The van der Waals surface area contributed by atoms with Gasteiger partial charge >= 0.3 is 0 Å². The van der Waals surface area contributed by atoms with Crippen LogP contribution in [0.3, 0.4) is 0 Å². The van der Waals surface area contributed by atoms with Gasteiger partial charge in [0.05, 0.1) is 6.10 Å². The monoisotopic (exact) mass is 212 g/mol. The van der Waals surface area contributed by atoms with Crippen molar-refractivity contribution >= 4 is 0 Å². The van der Waals surface area contributed by atoms with Crippen LogP contribution in [-0.2, 0) is 0 Å². The Hall–Kier alpha value is -0.960. The topological polar surface area (TPSA) is 20.2 Å². The first-order chi connectivity index (χ1) is 7.16. The van der Waals surface area contributed by atoms with E-state index in [9.17, 15) is 13.9 Å². The lowest BCUT2D eigenvalue weighted by atomic mass is 9.82. The molecule has 1 nitrogen and oxygen atoms in total. The molecule has 1 saturated carbocycles. The van der Waals surface area contributed by atoms with Gasteiger partial charge in [0, 0.05) is 6.07 Å². The minimum atomic E-state index is -0.535. The molecule has 1 fully saturated rings. The minimum Gasteiger partial charge on any atom is -0.393 e. The molecule has 0 unspecified atom stereocenters. The van der Waals surface area contributed by atoms with Crippen molar-refractivity contribution in [3.05, 3.63) is 35.4 Å². The predicted molar refractivity (Wildman–Crippen MR) is 53.6 cm³/mol. The highest BCUT2D eigenvalue weighted by atomic mass is 19.1. The number of aliphatic hydroxyl groups is 1. The van der Waals surface area contributed by atoms with Crippen molar-refractivity contribution in [2.75, 3.05) is 0 Å². The summed E-state index contributed by atoms with van der Waals surface area (Å²) in [7, 11) is 0. The van der Waals surface area contributed by atoms with Crippen molar-refractivity contribution in [1.29, 1.82) is 0 Å². The van der Waals surface area contributed by atoms with Gasteiger partial charge in [-0.3, -0.25) is 0 Å². The largest absolute Gasteiger partial charge is 0.393 e. The Morgan fingerprint density at radius 2 is 1.73 bits per heavy atom. The Labute approximate surface area is 87.7 Å². The molecular weight excluding hydrogens is 198 g/mol. The van der Waals surface area contributed by atoms with E-state index in [2.05, 4.69) is 0 Å². The Balaban J connectivity index is 2.15. The summed E-state index contributed by atoms with van der Waals surface area (Å²) in [5.74, 6) is -0.863. The van der Waals surface area contributed by atoms with Gasteiger partial charge < -0.3 is 5.11 Å². The first kappa shape index (κ1) is 10.6. The van der Waals surface area contributed by atoms with E-state index in [4.69, 9.17) is 0 Å². The van der Waals surface area contributed by atoms with Crippen LogP contribution in [0.1, 0.15) is 37.2 Å². The van der Waals surface area contributed by atoms with Crippen LogP contribution in [0.2, 0.25) is 0 Å². The summed E-state index contributed by atoms with van der Waals surface area (Å²) < 4.78 is 26.1. The Morgan fingerprint density at radius 3 is 2.33 bits per heavy atom. The van der Waals surface area contributed by atoms with Gasteiger partial charge in [-0.1, -0.05) is 6.07 Å². The second-order valence-electron chi connectivity index (χ2n) is 4.17. The van der Waals surface area contributed by atoms with Crippen LogP contribution in [0.5, 0.6) is 0 Å². The van der Waals surface area contributed by atoms with Gasteiger partial charge in [-0.2, -0.15) is 0 Å². The van der Waals surface area contributed by atoms with E-state index in [1.54, 1.807) is 0 Å². The Kier molecular flexibility index (Phi) is 3.00. The lowest BCUT2D eigenvalue weighted by molar-refractivity contribution is 0.122. The first-order valence-electron chi connectivity index (χ1n) is 5.30. The predicted octanol–water partition coefficient (Wildman–Crippen LogP) is 2.98. The summed E-state index contributed by atoms with van der Waals surface area (Å²) in [6, 6.07) is 3.75. The third-order valence-corrected chi connectivity index (χ3v) is 3.10. The Morgan fingerprint density at radius 1 is 1.07 bits per heavy atom. The highest BCUT2D eigenvalue weighted by molar-refractivity contribution is 5.23. The smallest absolute Gasteiger partial charge is 0.129 e. The molecule has 15 heavy (non-hydrogen) atoms. The fourth-order valence-corrected chi connectivity index (χ4v) is 2.22. The van der Waals surface area contributed by atoms with Gasteiger partial charge in [-0.05, 0) is 43.2 Å². The van der Waals surface area contributed by atoms with Crippen LogP contribution < -0.4 is 0 Å². The average Bonchev–Trinajstić information content (AvgIpc) is 2.20. The molecule has 1 N–H and O–H groups in total. The third-order valence-electron chi connectivity index (χ3n) is 3.10. The van der Waals surface area contributed by atoms with E-state index in [0.717, 1.165) is 18.9 Å². The molecule has 1 aliphatic carbocycles. The molecule has 0 spiro atoms. The van der Waals surface area contributed by atoms with Gasteiger partial charge in [-0.15, -0.1) is 0 Å². The van der Waals surface area contributed by atoms with Crippen LogP contribution in [0.15, 0.2) is 18.2 Å². The quantitative estimate of drug-likeness (QED) is 0.758. The van der Waals surface area contributed by atoms with Crippen LogP contribution in [0.25, 0.3) is 0 Å². The second kappa shape index (κ2) is 4.27. The summed E-state index contributed by atoms with van der Waals surface area (Å²) >= 11 is 0. The number of rotatable bonds is 1. The standard InChI is InChI=1S/C12H14F2O/c13-9-3-6-11(12(14)7-9)8-1-4-10(15)5-2-8/h3,6-8,10,15H,1-2,4-5H2. The second-order valence-corrected chi connectivity index (χ2v) is 4.17. The van der Waals surface area contributed by atoms with Gasteiger partial charge in [0.2, 0.25) is 0 Å². The van der Waals surface area contributed by atoms with E-state index in [1.807, 2.05) is 0 Å². The molecule has 1 aromatic rings. The summed E-state index contributed by atoms with van der Waals surface area (Å²) in [6.07, 6.45) is 2.74. The van der Waals surface area contributed by atoms with Crippen molar-refractivity contribution in [3.63, 3.8) is 0 Å². The number of halogens is 2. The van der Waals surface area contributed by atoms with E-state index in [0.29, 0.717) is 18.4 Å². The van der Waals surface area contributed by atoms with E-state index < -0.39 is 11.6 Å². The van der Waals surface area contributed by atoms with Crippen LogP contribution in [0, 0.1) is 11.6 Å². The van der Waals surface area contributed by atoms with Crippen LogP contribution in [-0.4, -0.2) is 11.2 Å². The normalized spacial score (nSPS) is 26.6. The van der Waals surface area contributed by atoms with E-state index in [-0.39, 0.29) is 12.0 Å². The fourth-order valence-electron chi connectivity index (χ4n) is 2.22. The zero-order valence-electron chi connectivity index (χ0n) is 8.42. The zero-order valence-corrected chi connectivity index (χ0v) is 8.42. The van der Waals surface area contributed by atoms with Gasteiger partial charge in [0.25, 0.3) is 0 Å². The highest BCUT2D eigenvalue weighted by Gasteiger charge is 2.22. The maximum Gasteiger partial charge on any atom is 0.129 e. The molecule has 1 aliphatic rings. The minimum absolute atomic E-state index is 0.133. The lowest BCUT2D eigenvalue weighted by Gasteiger charge is -2.25. The average molecular weight is 212 g/mol. The molecule has 2 rings (SSSR count). The number of hydrogen-bond donors (Lipinski definition) is 1. The summed E-state index contributed by atoms with van der Waals surface area (Å²) in [4.78, 5) is 0. The van der Waals surface area contributed by atoms with Gasteiger partial charge in [0.1, 0.15) is 11.6 Å². The summed E-state index contributed by atoms with van der Waals surface area (Å²) in [5.41, 5.74) is 0.586. The Bertz CT molecular complexity index is 343. The third kappa shape index (κ3) is 2.34. The SMILES string of the molecule is OC1CCC(c2ccc(F)cc2F)CC1. The maximum absolute atomic E-state index is 13.4.